The summed E-state index contributed by atoms with van der Waals surface area (Å²) in [7, 11) is -2.58. The van der Waals surface area contributed by atoms with Crippen LogP contribution in [0.1, 0.15) is 29.1 Å². The number of carbonyl (C=O) groups excluding carboxylic acids is 1. The van der Waals surface area contributed by atoms with E-state index in [0.717, 1.165) is 18.2 Å². The van der Waals surface area contributed by atoms with Crippen LogP contribution in [0.25, 0.3) is 0 Å². The molecule has 23 heavy (non-hydrogen) atoms. The lowest BCUT2D eigenvalue weighted by Gasteiger charge is -2.13. The van der Waals surface area contributed by atoms with E-state index in [-0.39, 0.29) is 5.76 Å². The van der Waals surface area contributed by atoms with E-state index < -0.39 is 38.7 Å². The third-order valence-corrected chi connectivity index (χ3v) is 4.42. The lowest BCUT2D eigenvalue weighted by molar-refractivity contribution is 0.0906. The van der Waals surface area contributed by atoms with Crippen LogP contribution in [-0.2, 0) is 10.0 Å². The summed E-state index contributed by atoms with van der Waals surface area (Å²) in [6.45, 7) is 1.57. The van der Waals surface area contributed by atoms with Crippen molar-refractivity contribution in [3.05, 3.63) is 53.3 Å². The Balaban J connectivity index is 2.14. The molecule has 1 amide bonds. The van der Waals surface area contributed by atoms with Crippen molar-refractivity contribution in [3.8, 4) is 0 Å². The summed E-state index contributed by atoms with van der Waals surface area (Å²) in [5, 5.41) is 2.11. The second-order valence-electron chi connectivity index (χ2n) is 4.69. The minimum atomic E-state index is -3.79. The maximum atomic E-state index is 13.2. The summed E-state index contributed by atoms with van der Waals surface area (Å²) >= 11 is 0. The third kappa shape index (κ3) is 3.74. The van der Waals surface area contributed by atoms with Crippen molar-refractivity contribution in [2.75, 3.05) is 7.05 Å². The van der Waals surface area contributed by atoms with E-state index in [0.29, 0.717) is 5.56 Å². The number of hydrogen-bond donors (Lipinski definition) is 2. The van der Waals surface area contributed by atoms with E-state index >= 15 is 0 Å². The Labute approximate surface area is 131 Å². The summed E-state index contributed by atoms with van der Waals surface area (Å²) in [4.78, 5) is 12.0. The molecule has 0 bridgehead atoms. The summed E-state index contributed by atoms with van der Waals surface area (Å²) in [6, 6.07) is 4.98. The number of halogens is 2. The van der Waals surface area contributed by atoms with Gasteiger partial charge in [-0.1, -0.05) is 6.07 Å². The Morgan fingerprint density at radius 3 is 2.48 bits per heavy atom. The predicted octanol–water partition coefficient (Wildman–Crippen LogP) is 1.96. The third-order valence-electron chi connectivity index (χ3n) is 3.13. The first-order valence-electron chi connectivity index (χ1n) is 6.54. The monoisotopic (exact) mass is 344 g/mol. The van der Waals surface area contributed by atoms with Gasteiger partial charge < -0.3 is 9.73 Å². The van der Waals surface area contributed by atoms with Gasteiger partial charge in [-0.25, -0.2) is 21.9 Å². The van der Waals surface area contributed by atoms with E-state index in [1.54, 1.807) is 6.92 Å². The fourth-order valence-corrected chi connectivity index (χ4v) is 2.47. The van der Waals surface area contributed by atoms with E-state index in [2.05, 4.69) is 10.0 Å². The van der Waals surface area contributed by atoms with Gasteiger partial charge in [0.05, 0.1) is 6.04 Å². The van der Waals surface area contributed by atoms with Gasteiger partial charge in [-0.15, -0.1) is 0 Å². The van der Waals surface area contributed by atoms with Gasteiger partial charge in [-0.05, 0) is 43.8 Å². The van der Waals surface area contributed by atoms with E-state index in [1.807, 2.05) is 0 Å². The van der Waals surface area contributed by atoms with Crippen molar-refractivity contribution >= 4 is 15.9 Å². The van der Waals surface area contributed by atoms with Crippen molar-refractivity contribution < 1.29 is 26.4 Å². The maximum absolute atomic E-state index is 13.2. The number of benzene rings is 1. The normalized spacial score (nSPS) is 12.9. The van der Waals surface area contributed by atoms with Crippen LogP contribution >= 0.6 is 0 Å². The molecule has 124 valence electrons. The van der Waals surface area contributed by atoms with Crippen LogP contribution in [0, 0.1) is 11.6 Å². The van der Waals surface area contributed by atoms with Gasteiger partial charge in [-0.3, -0.25) is 4.79 Å². The number of carbonyl (C=O) groups is 1. The predicted molar refractivity (Wildman–Crippen MR) is 77.2 cm³/mol. The minimum absolute atomic E-state index is 0.215. The highest BCUT2D eigenvalue weighted by molar-refractivity contribution is 7.89. The van der Waals surface area contributed by atoms with Crippen LogP contribution in [0.15, 0.2) is 39.8 Å². The molecule has 6 nitrogen and oxygen atoms in total. The lowest BCUT2D eigenvalue weighted by Crippen LogP contribution is -2.26. The Kier molecular flexibility index (Phi) is 4.81. The van der Waals surface area contributed by atoms with Gasteiger partial charge >= 0.3 is 0 Å². The number of hydrogen-bond acceptors (Lipinski definition) is 4. The molecule has 9 heteroatoms. The molecule has 0 aliphatic heterocycles. The highest BCUT2D eigenvalue weighted by Crippen LogP contribution is 2.18. The van der Waals surface area contributed by atoms with E-state index in [1.165, 1.54) is 19.2 Å². The lowest BCUT2D eigenvalue weighted by atomic mass is 10.1. The van der Waals surface area contributed by atoms with Crippen LogP contribution in [-0.4, -0.2) is 21.4 Å². The van der Waals surface area contributed by atoms with Crippen molar-refractivity contribution in [1.82, 2.24) is 10.0 Å². The number of rotatable bonds is 5. The number of amides is 1. The zero-order valence-corrected chi connectivity index (χ0v) is 13.1. The second kappa shape index (κ2) is 6.47. The van der Waals surface area contributed by atoms with Gasteiger partial charge in [0.25, 0.3) is 15.9 Å². The molecule has 0 saturated heterocycles. The highest BCUT2D eigenvalue weighted by Gasteiger charge is 2.21. The Bertz CT molecular complexity index is 833. The van der Waals surface area contributed by atoms with Crippen molar-refractivity contribution in [2.45, 2.75) is 18.1 Å². The van der Waals surface area contributed by atoms with Gasteiger partial charge in [0.2, 0.25) is 5.09 Å². The zero-order valence-electron chi connectivity index (χ0n) is 12.3. The second-order valence-corrected chi connectivity index (χ2v) is 6.51. The molecule has 1 aromatic carbocycles. The van der Waals surface area contributed by atoms with Gasteiger partial charge in [-0.2, -0.15) is 0 Å². The van der Waals surface area contributed by atoms with E-state index in [9.17, 15) is 22.0 Å². The highest BCUT2D eigenvalue weighted by atomic mass is 32.2. The molecular formula is C14H14F2N2O4S. The molecule has 1 atom stereocenters. The standard InChI is InChI=1S/C14H14F2N2O4S/c1-8(9-3-4-10(15)11(16)7-9)18-14(19)12-5-6-13(22-12)23(20,21)17-2/h3-8,17H,1-2H3,(H,18,19)/t8-/m1/s1. The Hall–Kier alpha value is -2.26. The molecule has 2 rings (SSSR count). The van der Waals surface area contributed by atoms with Crippen LogP contribution in [0.2, 0.25) is 0 Å². The van der Waals surface area contributed by atoms with Crippen molar-refractivity contribution in [2.24, 2.45) is 0 Å². The Morgan fingerprint density at radius 1 is 1.17 bits per heavy atom. The fourth-order valence-electron chi connectivity index (χ4n) is 1.82. The quantitative estimate of drug-likeness (QED) is 0.868. The number of nitrogens with one attached hydrogen (secondary N) is 2. The van der Waals surface area contributed by atoms with E-state index in [4.69, 9.17) is 4.42 Å². The van der Waals surface area contributed by atoms with Crippen LogP contribution in [0.5, 0.6) is 0 Å². The molecule has 0 fully saturated rings. The summed E-state index contributed by atoms with van der Waals surface area (Å²) < 4.78 is 56.2. The summed E-state index contributed by atoms with van der Waals surface area (Å²) in [5.41, 5.74) is 0.354. The Morgan fingerprint density at radius 2 is 1.87 bits per heavy atom. The minimum Gasteiger partial charge on any atom is -0.438 e. The average molecular weight is 344 g/mol. The molecule has 0 spiro atoms. The molecule has 2 aromatic rings. The molecular weight excluding hydrogens is 330 g/mol. The molecule has 0 aliphatic rings. The zero-order chi connectivity index (χ0) is 17.2. The number of furan rings is 1. The van der Waals surface area contributed by atoms with Gasteiger partial charge in [0.1, 0.15) is 0 Å². The summed E-state index contributed by atoms with van der Waals surface area (Å²) in [6.07, 6.45) is 0. The number of sulfonamides is 1. The van der Waals surface area contributed by atoms with Crippen LogP contribution in [0.4, 0.5) is 8.78 Å². The molecule has 2 N–H and O–H groups in total. The van der Waals surface area contributed by atoms with Crippen molar-refractivity contribution in [3.63, 3.8) is 0 Å². The van der Waals surface area contributed by atoms with Gasteiger partial charge in [0.15, 0.2) is 17.4 Å². The summed E-state index contributed by atoms with van der Waals surface area (Å²) in [5.74, 6) is -2.91. The van der Waals surface area contributed by atoms with Crippen LogP contribution in [0.3, 0.4) is 0 Å². The largest absolute Gasteiger partial charge is 0.438 e. The molecule has 0 aliphatic carbocycles. The first kappa shape index (κ1) is 17.1. The average Bonchev–Trinajstić information content (AvgIpc) is 3.00. The first-order chi connectivity index (χ1) is 10.7. The maximum Gasteiger partial charge on any atom is 0.287 e. The fraction of sp³-hybridized carbons (Fsp3) is 0.214. The van der Waals surface area contributed by atoms with Crippen molar-refractivity contribution in [1.29, 1.82) is 0 Å². The molecule has 1 heterocycles. The van der Waals surface area contributed by atoms with Gasteiger partial charge in [0, 0.05) is 0 Å². The molecule has 1 aromatic heterocycles. The molecule has 0 radical (unpaired) electrons. The molecule has 0 saturated carbocycles. The molecule has 0 unspecified atom stereocenters. The smallest absolute Gasteiger partial charge is 0.287 e. The topological polar surface area (TPSA) is 88.4 Å². The van der Waals surface area contributed by atoms with Crippen LogP contribution < -0.4 is 10.0 Å². The first-order valence-corrected chi connectivity index (χ1v) is 8.02. The SMILES string of the molecule is CNS(=O)(=O)c1ccc(C(=O)N[C@H](C)c2ccc(F)c(F)c2)o1.